The van der Waals surface area contributed by atoms with Crippen molar-refractivity contribution in [3.8, 4) is 0 Å². The first-order valence-corrected chi connectivity index (χ1v) is 9.45. The van der Waals surface area contributed by atoms with Crippen molar-refractivity contribution in [2.24, 2.45) is 0 Å². The second-order valence-electron chi connectivity index (χ2n) is 6.61. The molecule has 0 aromatic heterocycles. The summed E-state index contributed by atoms with van der Waals surface area (Å²) in [6.07, 6.45) is 0. The fraction of sp³-hybridized carbons (Fsp3) is 0.0400. The lowest BCUT2D eigenvalue weighted by Gasteiger charge is -2.18. The van der Waals surface area contributed by atoms with Crippen LogP contribution in [0.15, 0.2) is 109 Å². The van der Waals surface area contributed by atoms with E-state index in [1.165, 1.54) is 16.7 Å². The van der Waals surface area contributed by atoms with Crippen LogP contribution in [0, 0.1) is 11.6 Å². The summed E-state index contributed by atoms with van der Waals surface area (Å²) in [6.45, 7) is 0. The molecule has 0 saturated heterocycles. The van der Waals surface area contributed by atoms with Crippen LogP contribution in [0.4, 0.5) is 17.4 Å². The lowest BCUT2D eigenvalue weighted by Crippen LogP contribution is -2.25. The molecule has 0 radical (unpaired) electrons. The number of hydrogen-bond acceptors (Lipinski definition) is 0. The van der Waals surface area contributed by atoms with Gasteiger partial charge in [-0.25, -0.2) is 8.78 Å². The molecule has 0 saturated carbocycles. The second kappa shape index (κ2) is 10.4. The van der Waals surface area contributed by atoms with Crippen molar-refractivity contribution in [3.63, 3.8) is 0 Å². The van der Waals surface area contributed by atoms with Gasteiger partial charge in [-0.15, -0.1) is 0 Å². The highest BCUT2D eigenvalue weighted by atomic mass is 19.2. The maximum Gasteiger partial charge on any atom is 0.575 e. The molecule has 5 heteroatoms. The molecule has 0 fully saturated rings. The Balaban J connectivity index is 0.000000199. The molecule has 0 heterocycles. The van der Waals surface area contributed by atoms with Gasteiger partial charge in [-0.05, 0) is 22.8 Å². The molecule has 0 aliphatic heterocycles. The zero-order valence-electron chi connectivity index (χ0n) is 16.1. The van der Waals surface area contributed by atoms with Crippen molar-refractivity contribution in [3.05, 3.63) is 138 Å². The van der Waals surface area contributed by atoms with E-state index < -0.39 is 24.4 Å². The highest BCUT2D eigenvalue weighted by Gasteiger charge is 2.22. The summed E-state index contributed by atoms with van der Waals surface area (Å²) in [5.41, 5.74) is 3.10. The SMILES string of the molecule is FB(F)c1cccc(F)c1F.c1ccc(C(c2ccccc2)c2ccccc2)cc1. The number of rotatable bonds is 4. The zero-order valence-corrected chi connectivity index (χ0v) is 16.1. The van der Waals surface area contributed by atoms with Crippen molar-refractivity contribution in [1.29, 1.82) is 0 Å². The van der Waals surface area contributed by atoms with E-state index in [9.17, 15) is 17.4 Å². The smallest absolute Gasteiger partial charge is 0.281 e. The average Bonchev–Trinajstić information content (AvgIpc) is 2.78. The first-order valence-electron chi connectivity index (χ1n) is 9.45. The van der Waals surface area contributed by atoms with Crippen LogP contribution < -0.4 is 5.46 Å². The summed E-state index contributed by atoms with van der Waals surface area (Å²) in [6, 6.07) is 34.7. The van der Waals surface area contributed by atoms with Gasteiger partial charge < -0.3 is 0 Å². The second-order valence-corrected chi connectivity index (χ2v) is 6.61. The molecule has 0 aliphatic carbocycles. The lowest BCUT2D eigenvalue weighted by atomic mass is 9.85. The molecule has 0 atom stereocenters. The highest BCUT2D eigenvalue weighted by Crippen LogP contribution is 2.31. The largest absolute Gasteiger partial charge is 0.575 e. The monoisotopic (exact) mass is 406 g/mol. The predicted molar refractivity (Wildman–Crippen MR) is 114 cm³/mol. The minimum absolute atomic E-state index is 0.309. The molecular weight excluding hydrogens is 387 g/mol. The van der Waals surface area contributed by atoms with E-state index in [0.29, 0.717) is 5.92 Å². The fourth-order valence-corrected chi connectivity index (χ4v) is 3.20. The first kappa shape index (κ1) is 21.4. The van der Waals surface area contributed by atoms with Gasteiger partial charge in [-0.2, -0.15) is 0 Å². The third-order valence-electron chi connectivity index (χ3n) is 4.62. The minimum Gasteiger partial charge on any atom is -0.281 e. The molecule has 4 aromatic rings. The van der Waals surface area contributed by atoms with Crippen LogP contribution in [0.25, 0.3) is 0 Å². The van der Waals surface area contributed by atoms with Crippen LogP contribution in [0.5, 0.6) is 0 Å². The van der Waals surface area contributed by atoms with Gasteiger partial charge in [0.1, 0.15) is 0 Å². The maximum atomic E-state index is 12.4. The van der Waals surface area contributed by atoms with Gasteiger partial charge in [-0.3, -0.25) is 8.63 Å². The number of halogens is 4. The van der Waals surface area contributed by atoms with E-state index in [1.54, 1.807) is 0 Å². The quantitative estimate of drug-likeness (QED) is 0.207. The van der Waals surface area contributed by atoms with Gasteiger partial charge in [0.05, 0.1) is 0 Å². The van der Waals surface area contributed by atoms with Gasteiger partial charge in [0.2, 0.25) is 0 Å². The molecule has 0 spiro atoms. The normalized spacial score (nSPS) is 10.3. The van der Waals surface area contributed by atoms with E-state index in [-0.39, 0.29) is 0 Å². The summed E-state index contributed by atoms with van der Waals surface area (Å²) < 4.78 is 48.2. The first-order chi connectivity index (χ1) is 14.6. The van der Waals surface area contributed by atoms with Crippen LogP contribution in [-0.2, 0) is 0 Å². The predicted octanol–water partition coefficient (Wildman–Crippen LogP) is 6.47. The van der Waals surface area contributed by atoms with E-state index >= 15 is 0 Å². The van der Waals surface area contributed by atoms with Gasteiger partial charge in [-0.1, -0.05) is 103 Å². The van der Waals surface area contributed by atoms with Crippen molar-refractivity contribution < 1.29 is 17.4 Å². The highest BCUT2D eigenvalue weighted by molar-refractivity contribution is 6.60. The van der Waals surface area contributed by atoms with Crippen molar-refractivity contribution >= 4 is 12.7 Å². The summed E-state index contributed by atoms with van der Waals surface area (Å²) >= 11 is 0. The van der Waals surface area contributed by atoms with Gasteiger partial charge in [0, 0.05) is 11.4 Å². The van der Waals surface area contributed by atoms with Crippen molar-refractivity contribution in [1.82, 2.24) is 0 Å². The molecule has 0 bridgehead atoms. The molecular formula is C25H19BF4. The van der Waals surface area contributed by atoms with Gasteiger partial charge in [0.25, 0.3) is 0 Å². The average molecular weight is 406 g/mol. The molecule has 4 rings (SSSR count). The van der Waals surface area contributed by atoms with Crippen molar-refractivity contribution in [2.75, 3.05) is 0 Å². The van der Waals surface area contributed by atoms with E-state index in [1.807, 2.05) is 0 Å². The third kappa shape index (κ3) is 5.38. The molecule has 4 aromatic carbocycles. The summed E-state index contributed by atoms with van der Waals surface area (Å²) in [4.78, 5) is 0. The molecule has 30 heavy (non-hydrogen) atoms. The van der Waals surface area contributed by atoms with Crippen LogP contribution in [0.3, 0.4) is 0 Å². The zero-order chi connectivity index (χ0) is 21.3. The van der Waals surface area contributed by atoms with Crippen molar-refractivity contribution in [2.45, 2.75) is 5.92 Å². The van der Waals surface area contributed by atoms with Crippen LogP contribution >= 0.6 is 0 Å². The van der Waals surface area contributed by atoms with Crippen LogP contribution in [0.2, 0.25) is 0 Å². The fourth-order valence-electron chi connectivity index (χ4n) is 3.20. The maximum absolute atomic E-state index is 12.4. The number of hydrogen-bond donors (Lipinski definition) is 0. The summed E-state index contributed by atoms with van der Waals surface area (Å²) in [5.74, 6) is -2.41. The Morgan fingerprint density at radius 1 is 0.500 bits per heavy atom. The summed E-state index contributed by atoms with van der Waals surface area (Å²) in [7, 11) is -2.97. The Labute approximate surface area is 174 Å². The Hall–Kier alpha value is -3.34. The van der Waals surface area contributed by atoms with Gasteiger partial charge >= 0.3 is 7.27 Å². The molecule has 0 nitrogen and oxygen atoms in total. The van der Waals surface area contributed by atoms with Gasteiger partial charge in [0.15, 0.2) is 11.6 Å². The minimum atomic E-state index is -2.97. The Kier molecular flexibility index (Phi) is 7.44. The molecule has 0 aliphatic rings. The molecule has 150 valence electrons. The molecule has 0 amide bonds. The Bertz CT molecular complexity index is 945. The third-order valence-corrected chi connectivity index (χ3v) is 4.62. The Morgan fingerprint density at radius 3 is 1.23 bits per heavy atom. The van der Waals surface area contributed by atoms with E-state index in [2.05, 4.69) is 91.0 Å². The van der Waals surface area contributed by atoms with E-state index in [0.717, 1.165) is 18.2 Å². The topological polar surface area (TPSA) is 0 Å². The van der Waals surface area contributed by atoms with Crippen LogP contribution in [0.1, 0.15) is 22.6 Å². The summed E-state index contributed by atoms with van der Waals surface area (Å²) in [5, 5.41) is 0. The molecule has 0 N–H and O–H groups in total. The number of benzene rings is 4. The molecule has 0 unspecified atom stereocenters. The van der Waals surface area contributed by atoms with Crippen LogP contribution in [-0.4, -0.2) is 7.27 Å². The Morgan fingerprint density at radius 2 is 0.900 bits per heavy atom. The standard InChI is InChI=1S/C19H16.C6H3BF4/c1-4-10-16(11-5-1)19(17-12-6-2-7-13-17)18-14-8-3-9-15-18;8-5-3-1-2-4(6(5)9)7(10)11/h1-15,19H;1-3H. The van der Waals surface area contributed by atoms with E-state index in [4.69, 9.17) is 0 Å². The lowest BCUT2D eigenvalue weighted by molar-refractivity contribution is 0.511.